The summed E-state index contributed by atoms with van der Waals surface area (Å²) in [5.74, 6) is 0. The van der Waals surface area contributed by atoms with E-state index in [9.17, 15) is 8.78 Å². The lowest BCUT2D eigenvalue weighted by molar-refractivity contribution is 0.151. The third-order valence-electron chi connectivity index (χ3n) is 3.40. The van der Waals surface area contributed by atoms with E-state index in [4.69, 9.17) is 0 Å². The molecule has 0 aliphatic rings. The van der Waals surface area contributed by atoms with Crippen LogP contribution in [-0.4, -0.2) is 4.98 Å². The number of fused-ring (bicyclic) bond motifs is 1. The van der Waals surface area contributed by atoms with Crippen LogP contribution in [0.2, 0.25) is 0 Å². The maximum absolute atomic E-state index is 12.5. The molecular formula is C17H14F2N2. The number of benzene rings is 2. The number of anilines is 1. The van der Waals surface area contributed by atoms with Crippen LogP contribution in [0.1, 0.15) is 17.6 Å². The zero-order valence-corrected chi connectivity index (χ0v) is 11.3. The second kappa shape index (κ2) is 5.87. The van der Waals surface area contributed by atoms with Crippen LogP contribution in [0.5, 0.6) is 0 Å². The summed E-state index contributed by atoms with van der Waals surface area (Å²) in [7, 11) is 0. The molecule has 1 aromatic heterocycles. The van der Waals surface area contributed by atoms with Crippen LogP contribution in [-0.2, 0) is 6.54 Å². The van der Waals surface area contributed by atoms with Gasteiger partial charge in [-0.15, -0.1) is 0 Å². The molecule has 4 heteroatoms. The number of aromatic nitrogens is 1. The monoisotopic (exact) mass is 284 g/mol. The summed E-state index contributed by atoms with van der Waals surface area (Å²) in [6.07, 6.45) is 1.16. The highest BCUT2D eigenvalue weighted by Gasteiger charge is 2.06. The normalized spacial score (nSPS) is 11.0. The van der Waals surface area contributed by atoms with Crippen LogP contribution in [0.4, 0.5) is 14.5 Å². The van der Waals surface area contributed by atoms with Gasteiger partial charge >= 0.3 is 0 Å². The number of hydrogen-bond donors (Lipinski definition) is 1. The van der Waals surface area contributed by atoms with Gasteiger partial charge in [0.15, 0.2) is 0 Å². The number of hydrogen-bond acceptors (Lipinski definition) is 2. The molecule has 0 radical (unpaired) electrons. The molecule has 2 nitrogen and oxygen atoms in total. The Morgan fingerprint density at radius 2 is 1.81 bits per heavy atom. The van der Waals surface area contributed by atoms with Gasteiger partial charge in [0.05, 0.1) is 0 Å². The first-order chi connectivity index (χ1) is 10.2. The zero-order chi connectivity index (χ0) is 14.7. The van der Waals surface area contributed by atoms with Gasteiger partial charge in [0, 0.05) is 35.6 Å². The Labute approximate surface area is 121 Å². The van der Waals surface area contributed by atoms with Crippen LogP contribution < -0.4 is 5.32 Å². The Morgan fingerprint density at radius 3 is 2.57 bits per heavy atom. The van der Waals surface area contributed by atoms with Crippen molar-refractivity contribution in [2.45, 2.75) is 13.0 Å². The molecule has 0 aliphatic heterocycles. The van der Waals surface area contributed by atoms with Crippen molar-refractivity contribution in [2.75, 3.05) is 5.32 Å². The summed E-state index contributed by atoms with van der Waals surface area (Å²) in [6, 6.07) is 14.3. The van der Waals surface area contributed by atoms with Gasteiger partial charge in [0.2, 0.25) is 0 Å². The molecule has 106 valence electrons. The van der Waals surface area contributed by atoms with Crippen molar-refractivity contribution in [1.82, 2.24) is 4.98 Å². The zero-order valence-electron chi connectivity index (χ0n) is 11.3. The van der Waals surface area contributed by atoms with Gasteiger partial charge in [-0.1, -0.05) is 36.4 Å². The van der Waals surface area contributed by atoms with E-state index < -0.39 is 6.43 Å². The lowest BCUT2D eigenvalue weighted by Gasteiger charge is -2.10. The Hall–Kier alpha value is -2.49. The van der Waals surface area contributed by atoms with Crippen LogP contribution in [0.3, 0.4) is 0 Å². The molecule has 0 fully saturated rings. The highest BCUT2D eigenvalue weighted by Crippen LogP contribution is 2.23. The van der Waals surface area contributed by atoms with Gasteiger partial charge in [0.25, 0.3) is 6.43 Å². The topological polar surface area (TPSA) is 24.9 Å². The summed E-state index contributed by atoms with van der Waals surface area (Å²) >= 11 is 0. The molecule has 3 rings (SSSR count). The Bertz CT molecular complexity index is 734. The summed E-state index contributed by atoms with van der Waals surface area (Å²) in [4.78, 5) is 4.14. The molecule has 2 aromatic carbocycles. The van der Waals surface area contributed by atoms with Gasteiger partial charge < -0.3 is 5.32 Å². The third kappa shape index (κ3) is 2.99. The van der Waals surface area contributed by atoms with Crippen molar-refractivity contribution < 1.29 is 8.78 Å². The van der Waals surface area contributed by atoms with Gasteiger partial charge in [0.1, 0.15) is 0 Å². The number of rotatable bonds is 4. The summed E-state index contributed by atoms with van der Waals surface area (Å²) in [6.45, 7) is 0.581. The van der Waals surface area contributed by atoms with Crippen LogP contribution >= 0.6 is 0 Å². The standard InChI is InChI=1S/C17H14F2N2/c18-17(19)14-6-4-12(5-7-14)10-21-16-3-1-2-13-8-9-20-11-15(13)16/h1-9,11,17,21H,10H2. The number of pyridine rings is 1. The van der Waals surface area contributed by atoms with Gasteiger partial charge in [-0.25, -0.2) is 8.78 Å². The van der Waals surface area contributed by atoms with Crippen molar-refractivity contribution in [1.29, 1.82) is 0 Å². The maximum atomic E-state index is 12.5. The predicted molar refractivity (Wildman–Crippen MR) is 80.5 cm³/mol. The summed E-state index contributed by atoms with van der Waals surface area (Å²) in [5.41, 5.74) is 1.99. The molecule has 0 atom stereocenters. The Morgan fingerprint density at radius 1 is 1.00 bits per heavy atom. The van der Waals surface area contributed by atoms with E-state index in [1.165, 1.54) is 12.1 Å². The van der Waals surface area contributed by atoms with E-state index in [-0.39, 0.29) is 5.56 Å². The van der Waals surface area contributed by atoms with E-state index in [0.29, 0.717) is 6.54 Å². The minimum Gasteiger partial charge on any atom is -0.380 e. The smallest absolute Gasteiger partial charge is 0.263 e. The summed E-state index contributed by atoms with van der Waals surface area (Å²) < 4.78 is 25.0. The SMILES string of the molecule is FC(F)c1ccc(CNc2cccc3ccncc23)cc1. The van der Waals surface area contributed by atoms with Crippen molar-refractivity contribution in [3.63, 3.8) is 0 Å². The van der Waals surface area contributed by atoms with Gasteiger partial charge in [-0.2, -0.15) is 0 Å². The first-order valence-corrected chi connectivity index (χ1v) is 6.67. The quantitative estimate of drug-likeness (QED) is 0.745. The average Bonchev–Trinajstić information content (AvgIpc) is 2.53. The van der Waals surface area contributed by atoms with Crippen molar-refractivity contribution >= 4 is 16.5 Å². The van der Waals surface area contributed by atoms with Crippen molar-refractivity contribution in [2.24, 2.45) is 0 Å². The fourth-order valence-corrected chi connectivity index (χ4v) is 2.25. The molecule has 0 saturated heterocycles. The fourth-order valence-electron chi connectivity index (χ4n) is 2.25. The van der Waals surface area contributed by atoms with Crippen molar-refractivity contribution in [3.05, 3.63) is 72.1 Å². The third-order valence-corrected chi connectivity index (χ3v) is 3.40. The highest BCUT2D eigenvalue weighted by atomic mass is 19.3. The maximum Gasteiger partial charge on any atom is 0.263 e. The molecule has 0 spiro atoms. The highest BCUT2D eigenvalue weighted by molar-refractivity contribution is 5.93. The molecule has 0 unspecified atom stereocenters. The number of nitrogens with zero attached hydrogens (tertiary/aromatic N) is 1. The summed E-state index contributed by atoms with van der Waals surface area (Å²) in [5, 5.41) is 5.48. The van der Waals surface area contributed by atoms with Crippen LogP contribution in [0.15, 0.2) is 60.9 Å². The molecule has 0 aliphatic carbocycles. The largest absolute Gasteiger partial charge is 0.380 e. The number of alkyl halides is 2. The average molecular weight is 284 g/mol. The minimum absolute atomic E-state index is 0.0492. The number of halogens is 2. The van der Waals surface area contributed by atoms with E-state index in [1.807, 2.05) is 30.5 Å². The minimum atomic E-state index is -2.42. The van der Waals surface area contributed by atoms with E-state index in [1.54, 1.807) is 18.3 Å². The van der Waals surface area contributed by atoms with E-state index in [2.05, 4.69) is 10.3 Å². The number of nitrogens with one attached hydrogen (secondary N) is 1. The fraction of sp³-hybridized carbons (Fsp3) is 0.118. The second-order valence-electron chi connectivity index (χ2n) is 4.80. The van der Waals surface area contributed by atoms with Gasteiger partial charge in [-0.3, -0.25) is 4.98 Å². The predicted octanol–water partition coefficient (Wildman–Crippen LogP) is 4.78. The Balaban J connectivity index is 1.77. The first-order valence-electron chi connectivity index (χ1n) is 6.67. The van der Waals surface area contributed by atoms with Crippen LogP contribution in [0.25, 0.3) is 10.8 Å². The molecule has 0 bridgehead atoms. The Kier molecular flexibility index (Phi) is 3.77. The molecule has 1 heterocycles. The molecular weight excluding hydrogens is 270 g/mol. The first kappa shape index (κ1) is 13.5. The van der Waals surface area contributed by atoms with E-state index >= 15 is 0 Å². The molecule has 1 N–H and O–H groups in total. The lowest BCUT2D eigenvalue weighted by Crippen LogP contribution is -2.00. The second-order valence-corrected chi connectivity index (χ2v) is 4.80. The molecule has 21 heavy (non-hydrogen) atoms. The molecule has 3 aromatic rings. The molecule has 0 saturated carbocycles. The van der Waals surface area contributed by atoms with E-state index in [0.717, 1.165) is 22.0 Å². The lowest BCUT2D eigenvalue weighted by atomic mass is 10.1. The van der Waals surface area contributed by atoms with Gasteiger partial charge in [-0.05, 0) is 23.1 Å². The van der Waals surface area contributed by atoms with Crippen molar-refractivity contribution in [3.8, 4) is 0 Å². The molecule has 0 amide bonds. The van der Waals surface area contributed by atoms with Crippen LogP contribution in [0, 0.1) is 0 Å².